The fourth-order valence-electron chi connectivity index (χ4n) is 2.30. The molecule has 0 aromatic heterocycles. The summed E-state index contributed by atoms with van der Waals surface area (Å²) in [6.45, 7) is 0. The van der Waals surface area contributed by atoms with E-state index in [1.807, 2.05) is 0 Å². The third-order valence-electron chi connectivity index (χ3n) is 3.29. The largest absolute Gasteiger partial charge is 0.486 e. The van der Waals surface area contributed by atoms with E-state index in [0.717, 1.165) is 44.2 Å². The summed E-state index contributed by atoms with van der Waals surface area (Å²) in [5, 5.41) is 9.09. The molecule has 96 valence electrons. The van der Waals surface area contributed by atoms with Gasteiger partial charge in [-0.05, 0) is 31.4 Å². The topological polar surface area (TPSA) is 33.0 Å². The van der Waals surface area contributed by atoms with Crippen LogP contribution >= 0.6 is 0 Å². The molecular formula is C14H15F2NO. The van der Waals surface area contributed by atoms with Crippen molar-refractivity contribution in [2.75, 3.05) is 0 Å². The molecule has 1 fully saturated rings. The van der Waals surface area contributed by atoms with Crippen molar-refractivity contribution >= 4 is 0 Å². The molecule has 1 aromatic rings. The van der Waals surface area contributed by atoms with Gasteiger partial charge in [0.05, 0.1) is 12.0 Å². The average molecular weight is 251 g/mol. The van der Waals surface area contributed by atoms with Crippen LogP contribution < -0.4 is 4.74 Å². The van der Waals surface area contributed by atoms with Crippen LogP contribution in [-0.4, -0.2) is 6.10 Å². The van der Waals surface area contributed by atoms with Gasteiger partial charge in [0, 0.05) is 6.07 Å². The van der Waals surface area contributed by atoms with Crippen LogP contribution in [0.1, 0.15) is 32.1 Å². The minimum absolute atomic E-state index is 0.0311. The van der Waals surface area contributed by atoms with Crippen LogP contribution in [0.5, 0.6) is 5.75 Å². The first kappa shape index (κ1) is 12.8. The van der Waals surface area contributed by atoms with Crippen molar-refractivity contribution in [3.63, 3.8) is 0 Å². The van der Waals surface area contributed by atoms with E-state index < -0.39 is 11.6 Å². The maximum atomic E-state index is 13.5. The molecule has 18 heavy (non-hydrogen) atoms. The summed E-state index contributed by atoms with van der Waals surface area (Å²) < 4.78 is 31.8. The summed E-state index contributed by atoms with van der Waals surface area (Å²) in [4.78, 5) is 0. The summed E-state index contributed by atoms with van der Waals surface area (Å²) in [6, 6.07) is 5.47. The van der Waals surface area contributed by atoms with Gasteiger partial charge in [0.2, 0.25) is 0 Å². The fourth-order valence-corrected chi connectivity index (χ4v) is 2.30. The van der Waals surface area contributed by atoms with Gasteiger partial charge in [-0.1, -0.05) is 12.8 Å². The van der Waals surface area contributed by atoms with Crippen LogP contribution in [0.15, 0.2) is 18.2 Å². The number of hydrogen-bond acceptors (Lipinski definition) is 2. The van der Waals surface area contributed by atoms with E-state index in [-0.39, 0.29) is 17.8 Å². The van der Waals surface area contributed by atoms with Crippen LogP contribution in [-0.2, 0) is 0 Å². The molecule has 2 atom stereocenters. The third kappa shape index (κ3) is 2.98. The SMILES string of the molecule is N#CC1CCCCCC1Oc1ccc(F)cc1F. The molecule has 0 saturated heterocycles. The first-order valence-corrected chi connectivity index (χ1v) is 6.22. The highest BCUT2D eigenvalue weighted by molar-refractivity contribution is 5.25. The lowest BCUT2D eigenvalue weighted by Crippen LogP contribution is -2.25. The van der Waals surface area contributed by atoms with E-state index >= 15 is 0 Å². The predicted molar refractivity (Wildman–Crippen MR) is 63.0 cm³/mol. The lowest BCUT2D eigenvalue weighted by atomic mass is 9.99. The maximum absolute atomic E-state index is 13.5. The predicted octanol–water partition coefficient (Wildman–Crippen LogP) is 3.82. The van der Waals surface area contributed by atoms with Crippen LogP contribution in [0.3, 0.4) is 0 Å². The molecule has 2 nitrogen and oxygen atoms in total. The molecule has 0 amide bonds. The molecular weight excluding hydrogens is 236 g/mol. The zero-order valence-corrected chi connectivity index (χ0v) is 10.0. The van der Waals surface area contributed by atoms with Crippen molar-refractivity contribution in [2.45, 2.75) is 38.2 Å². The highest BCUT2D eigenvalue weighted by Crippen LogP contribution is 2.28. The van der Waals surface area contributed by atoms with Gasteiger partial charge in [-0.25, -0.2) is 8.78 Å². The maximum Gasteiger partial charge on any atom is 0.167 e. The van der Waals surface area contributed by atoms with Crippen molar-refractivity contribution in [2.24, 2.45) is 5.92 Å². The van der Waals surface area contributed by atoms with E-state index in [0.29, 0.717) is 0 Å². The van der Waals surface area contributed by atoms with Gasteiger partial charge in [0.15, 0.2) is 11.6 Å². The molecule has 0 heterocycles. The van der Waals surface area contributed by atoms with Gasteiger partial charge < -0.3 is 4.74 Å². The Morgan fingerprint density at radius 2 is 1.94 bits per heavy atom. The Kier molecular flexibility index (Phi) is 4.14. The molecule has 0 bridgehead atoms. The van der Waals surface area contributed by atoms with Crippen molar-refractivity contribution in [1.82, 2.24) is 0 Å². The number of nitrogens with zero attached hydrogens (tertiary/aromatic N) is 1. The third-order valence-corrected chi connectivity index (χ3v) is 3.29. The molecule has 1 saturated carbocycles. The van der Waals surface area contributed by atoms with Crippen LogP contribution in [0.2, 0.25) is 0 Å². The Morgan fingerprint density at radius 3 is 2.67 bits per heavy atom. The molecule has 0 spiro atoms. The Hall–Kier alpha value is -1.63. The summed E-state index contributed by atoms with van der Waals surface area (Å²) in [5.74, 6) is -1.52. The van der Waals surface area contributed by atoms with Gasteiger partial charge >= 0.3 is 0 Å². The summed E-state index contributed by atoms with van der Waals surface area (Å²) in [5.41, 5.74) is 0. The number of benzene rings is 1. The molecule has 1 aromatic carbocycles. The molecule has 2 rings (SSSR count). The zero-order valence-electron chi connectivity index (χ0n) is 10.0. The molecule has 1 aliphatic carbocycles. The van der Waals surface area contributed by atoms with Crippen LogP contribution in [0.25, 0.3) is 0 Å². The summed E-state index contributed by atoms with van der Waals surface area (Å²) >= 11 is 0. The minimum Gasteiger partial charge on any atom is -0.486 e. The van der Waals surface area contributed by atoms with E-state index in [1.54, 1.807) is 0 Å². The highest BCUT2D eigenvalue weighted by Gasteiger charge is 2.26. The molecule has 0 radical (unpaired) electrons. The second-order valence-corrected chi connectivity index (χ2v) is 4.60. The Bertz CT molecular complexity index is 456. The van der Waals surface area contributed by atoms with Gasteiger partial charge in [-0.15, -0.1) is 0 Å². The van der Waals surface area contributed by atoms with Gasteiger partial charge in [0.25, 0.3) is 0 Å². The van der Waals surface area contributed by atoms with Crippen molar-refractivity contribution in [3.8, 4) is 11.8 Å². The molecule has 0 N–H and O–H groups in total. The second kappa shape index (κ2) is 5.81. The standard InChI is InChI=1S/C14H15F2NO/c15-11-6-7-14(12(16)8-11)18-13-5-3-1-2-4-10(13)9-17/h6-8,10,13H,1-5H2. The van der Waals surface area contributed by atoms with Crippen molar-refractivity contribution in [1.29, 1.82) is 5.26 Å². The van der Waals surface area contributed by atoms with Gasteiger partial charge in [0.1, 0.15) is 11.9 Å². The zero-order chi connectivity index (χ0) is 13.0. The molecule has 4 heteroatoms. The summed E-state index contributed by atoms with van der Waals surface area (Å²) in [6.07, 6.45) is 4.29. The number of ether oxygens (including phenoxy) is 1. The number of hydrogen-bond donors (Lipinski definition) is 0. The lowest BCUT2D eigenvalue weighted by Gasteiger charge is -2.21. The Balaban J connectivity index is 2.13. The number of halogens is 2. The normalized spacial score (nSPS) is 24.1. The monoisotopic (exact) mass is 251 g/mol. The average Bonchev–Trinajstić information content (AvgIpc) is 2.57. The van der Waals surface area contributed by atoms with E-state index in [2.05, 4.69) is 6.07 Å². The minimum atomic E-state index is -0.712. The highest BCUT2D eigenvalue weighted by atomic mass is 19.1. The fraction of sp³-hybridized carbons (Fsp3) is 0.500. The van der Waals surface area contributed by atoms with Gasteiger partial charge in [-0.3, -0.25) is 0 Å². The van der Waals surface area contributed by atoms with E-state index in [1.165, 1.54) is 6.07 Å². The Labute approximate surface area is 105 Å². The quantitative estimate of drug-likeness (QED) is 0.749. The second-order valence-electron chi connectivity index (χ2n) is 4.60. The van der Waals surface area contributed by atoms with Crippen LogP contribution in [0, 0.1) is 28.9 Å². The lowest BCUT2D eigenvalue weighted by molar-refractivity contribution is 0.145. The molecule has 0 aliphatic heterocycles. The van der Waals surface area contributed by atoms with Crippen molar-refractivity contribution in [3.05, 3.63) is 29.8 Å². The van der Waals surface area contributed by atoms with Crippen LogP contribution in [0.4, 0.5) is 8.78 Å². The smallest absolute Gasteiger partial charge is 0.167 e. The number of nitriles is 1. The molecule has 2 unspecified atom stereocenters. The van der Waals surface area contributed by atoms with E-state index in [9.17, 15) is 8.78 Å². The van der Waals surface area contributed by atoms with Gasteiger partial charge in [-0.2, -0.15) is 5.26 Å². The van der Waals surface area contributed by atoms with E-state index in [4.69, 9.17) is 10.00 Å². The van der Waals surface area contributed by atoms with Crippen molar-refractivity contribution < 1.29 is 13.5 Å². The first-order chi connectivity index (χ1) is 8.70. The molecule has 1 aliphatic rings. The number of rotatable bonds is 2. The Morgan fingerprint density at radius 1 is 1.17 bits per heavy atom. The summed E-state index contributed by atoms with van der Waals surface area (Å²) in [7, 11) is 0. The first-order valence-electron chi connectivity index (χ1n) is 6.22.